The van der Waals surface area contributed by atoms with E-state index in [-0.39, 0.29) is 44.7 Å². The quantitative estimate of drug-likeness (QED) is 0.394. The van der Waals surface area contributed by atoms with Gasteiger partial charge in [0.1, 0.15) is 6.54 Å². The summed E-state index contributed by atoms with van der Waals surface area (Å²) in [5.41, 5.74) is -1.09. The Morgan fingerprint density at radius 3 is 2.22 bits per heavy atom. The molecule has 0 aromatic heterocycles. The highest BCUT2D eigenvalue weighted by molar-refractivity contribution is 5.85. The highest BCUT2D eigenvalue weighted by atomic mass is 16.3. The van der Waals surface area contributed by atoms with Crippen molar-refractivity contribution in [3.8, 4) is 0 Å². The van der Waals surface area contributed by atoms with Crippen molar-refractivity contribution >= 4 is 11.8 Å². The average Bonchev–Trinajstić information content (AvgIpc) is 2.33. The highest BCUT2D eigenvalue weighted by Gasteiger charge is 2.26. The molecule has 0 fully saturated rings. The third-order valence-corrected chi connectivity index (χ3v) is 1.92. The summed E-state index contributed by atoms with van der Waals surface area (Å²) in [5, 5.41) is 29.3. The van der Waals surface area contributed by atoms with Crippen LogP contribution in [0.4, 0.5) is 0 Å². The predicted octanol–water partition coefficient (Wildman–Crippen LogP) is -1.57. The van der Waals surface area contributed by atoms with E-state index in [9.17, 15) is 9.59 Å². The molecule has 0 radical (unpaired) electrons. The standard InChI is InChI=1S/C10H20N4O4/c1-10(2,9(18)12-4-6-16)14-13-7-8(17)11-3-5-15/h15-16H,3-7H2,1-2H3,(H,11,17)(H,12,18). The fourth-order valence-electron chi connectivity index (χ4n) is 0.959. The Kier molecular flexibility index (Phi) is 7.81. The molecule has 4 N–H and O–H groups in total. The molecule has 104 valence electrons. The molecule has 0 atom stereocenters. The van der Waals surface area contributed by atoms with E-state index < -0.39 is 5.54 Å². The van der Waals surface area contributed by atoms with Crippen molar-refractivity contribution in [2.24, 2.45) is 10.2 Å². The van der Waals surface area contributed by atoms with Crippen LogP contribution in [0.3, 0.4) is 0 Å². The number of hydrogen-bond donors (Lipinski definition) is 4. The highest BCUT2D eigenvalue weighted by Crippen LogP contribution is 2.09. The summed E-state index contributed by atoms with van der Waals surface area (Å²) >= 11 is 0. The summed E-state index contributed by atoms with van der Waals surface area (Å²) in [6.45, 7) is 2.92. The molecule has 0 aliphatic heterocycles. The molecule has 18 heavy (non-hydrogen) atoms. The Morgan fingerprint density at radius 2 is 1.67 bits per heavy atom. The third kappa shape index (κ3) is 6.92. The van der Waals surface area contributed by atoms with Crippen LogP contribution in [0.2, 0.25) is 0 Å². The second kappa shape index (κ2) is 8.54. The minimum atomic E-state index is -1.09. The van der Waals surface area contributed by atoms with E-state index in [2.05, 4.69) is 20.9 Å². The van der Waals surface area contributed by atoms with E-state index in [1.165, 1.54) is 0 Å². The van der Waals surface area contributed by atoms with Gasteiger partial charge in [0, 0.05) is 13.1 Å². The van der Waals surface area contributed by atoms with Crippen LogP contribution in [-0.4, -0.2) is 60.4 Å². The van der Waals surface area contributed by atoms with Gasteiger partial charge in [-0.1, -0.05) is 0 Å². The van der Waals surface area contributed by atoms with Gasteiger partial charge in [0.25, 0.3) is 0 Å². The molecule has 0 unspecified atom stereocenters. The van der Waals surface area contributed by atoms with E-state index in [4.69, 9.17) is 10.2 Å². The zero-order valence-electron chi connectivity index (χ0n) is 10.6. The zero-order chi connectivity index (χ0) is 14.0. The first kappa shape index (κ1) is 16.5. The van der Waals surface area contributed by atoms with E-state index in [0.29, 0.717) is 0 Å². The van der Waals surface area contributed by atoms with Crippen molar-refractivity contribution in [1.82, 2.24) is 10.6 Å². The van der Waals surface area contributed by atoms with Gasteiger partial charge in [-0.15, -0.1) is 0 Å². The normalized spacial score (nSPS) is 11.6. The summed E-state index contributed by atoms with van der Waals surface area (Å²) in [7, 11) is 0. The molecule has 0 spiro atoms. The van der Waals surface area contributed by atoms with Crippen molar-refractivity contribution in [2.45, 2.75) is 19.4 Å². The molecule has 0 aromatic carbocycles. The van der Waals surface area contributed by atoms with Gasteiger partial charge in [0.15, 0.2) is 5.54 Å². The van der Waals surface area contributed by atoms with Crippen LogP contribution in [-0.2, 0) is 9.59 Å². The number of hydrogen-bond acceptors (Lipinski definition) is 6. The van der Waals surface area contributed by atoms with Gasteiger partial charge in [-0.2, -0.15) is 10.2 Å². The van der Waals surface area contributed by atoms with E-state index in [1.54, 1.807) is 13.8 Å². The van der Waals surface area contributed by atoms with Crippen molar-refractivity contribution in [3.63, 3.8) is 0 Å². The van der Waals surface area contributed by atoms with Crippen LogP contribution in [0.15, 0.2) is 10.2 Å². The van der Waals surface area contributed by atoms with Crippen LogP contribution in [0.25, 0.3) is 0 Å². The largest absolute Gasteiger partial charge is 0.395 e. The van der Waals surface area contributed by atoms with Crippen LogP contribution >= 0.6 is 0 Å². The van der Waals surface area contributed by atoms with Gasteiger partial charge in [-0.05, 0) is 13.8 Å². The van der Waals surface area contributed by atoms with Gasteiger partial charge in [0.2, 0.25) is 11.8 Å². The lowest BCUT2D eigenvalue weighted by molar-refractivity contribution is -0.125. The van der Waals surface area contributed by atoms with Crippen molar-refractivity contribution in [2.75, 3.05) is 32.8 Å². The molecule has 0 aliphatic carbocycles. The summed E-state index contributed by atoms with van der Waals surface area (Å²) in [4.78, 5) is 22.7. The van der Waals surface area contributed by atoms with Gasteiger partial charge < -0.3 is 20.8 Å². The number of amides is 2. The molecule has 0 aliphatic rings. The number of azo groups is 1. The molecule has 2 amide bonds. The summed E-state index contributed by atoms with van der Waals surface area (Å²) in [6, 6.07) is 0. The first-order valence-electron chi connectivity index (χ1n) is 5.59. The lowest BCUT2D eigenvalue weighted by Crippen LogP contribution is -2.41. The molecule has 0 rings (SSSR count). The maximum absolute atomic E-state index is 11.6. The SMILES string of the molecule is CC(C)(N=NCC(=O)NCCO)C(=O)NCCO. The van der Waals surface area contributed by atoms with Crippen LogP contribution in [0.5, 0.6) is 0 Å². The molecular formula is C10H20N4O4. The molecule has 0 bridgehead atoms. The van der Waals surface area contributed by atoms with E-state index in [0.717, 1.165) is 0 Å². The maximum atomic E-state index is 11.6. The van der Waals surface area contributed by atoms with Crippen LogP contribution < -0.4 is 10.6 Å². The topological polar surface area (TPSA) is 123 Å². The summed E-state index contributed by atoms with van der Waals surface area (Å²) in [5.74, 6) is -0.754. The van der Waals surface area contributed by atoms with Crippen molar-refractivity contribution in [3.05, 3.63) is 0 Å². The molecule has 0 saturated heterocycles. The maximum Gasteiger partial charge on any atom is 0.249 e. The lowest BCUT2D eigenvalue weighted by Gasteiger charge is -2.16. The lowest BCUT2D eigenvalue weighted by atomic mass is 10.1. The van der Waals surface area contributed by atoms with Crippen LogP contribution in [0.1, 0.15) is 13.8 Å². The Morgan fingerprint density at radius 1 is 1.11 bits per heavy atom. The fourth-order valence-corrected chi connectivity index (χ4v) is 0.959. The number of aliphatic hydroxyl groups is 2. The smallest absolute Gasteiger partial charge is 0.249 e. The average molecular weight is 260 g/mol. The molecule has 8 nitrogen and oxygen atoms in total. The van der Waals surface area contributed by atoms with Gasteiger partial charge in [-0.25, -0.2) is 0 Å². The number of nitrogens with one attached hydrogen (secondary N) is 2. The first-order valence-corrected chi connectivity index (χ1v) is 5.59. The van der Waals surface area contributed by atoms with E-state index >= 15 is 0 Å². The number of aliphatic hydroxyl groups excluding tert-OH is 2. The van der Waals surface area contributed by atoms with Gasteiger partial charge >= 0.3 is 0 Å². The monoisotopic (exact) mass is 260 g/mol. The molecule has 0 aromatic rings. The van der Waals surface area contributed by atoms with Crippen molar-refractivity contribution < 1.29 is 19.8 Å². The third-order valence-electron chi connectivity index (χ3n) is 1.92. The molecular weight excluding hydrogens is 240 g/mol. The Balaban J connectivity index is 4.14. The number of carbonyl (C=O) groups is 2. The number of carbonyl (C=O) groups excluding carboxylic acids is 2. The van der Waals surface area contributed by atoms with Crippen LogP contribution in [0, 0.1) is 0 Å². The Hall–Kier alpha value is -1.54. The van der Waals surface area contributed by atoms with E-state index in [1.807, 2.05) is 0 Å². The first-order chi connectivity index (χ1) is 8.44. The number of nitrogens with zero attached hydrogens (tertiary/aromatic N) is 2. The second-order valence-electron chi connectivity index (χ2n) is 4.01. The van der Waals surface area contributed by atoms with Crippen molar-refractivity contribution in [1.29, 1.82) is 0 Å². The summed E-state index contributed by atoms with van der Waals surface area (Å²) < 4.78 is 0. The zero-order valence-corrected chi connectivity index (χ0v) is 10.6. The molecule has 8 heteroatoms. The molecule has 0 heterocycles. The van der Waals surface area contributed by atoms with Gasteiger partial charge in [-0.3, -0.25) is 9.59 Å². The van der Waals surface area contributed by atoms with Gasteiger partial charge in [0.05, 0.1) is 13.2 Å². The Labute approximate surface area is 105 Å². The number of rotatable bonds is 8. The Bertz CT molecular complexity index is 304. The predicted molar refractivity (Wildman–Crippen MR) is 64.0 cm³/mol. The molecule has 0 saturated carbocycles. The minimum Gasteiger partial charge on any atom is -0.395 e. The second-order valence-corrected chi connectivity index (χ2v) is 4.01. The fraction of sp³-hybridized carbons (Fsp3) is 0.800. The minimum absolute atomic E-state index is 0.141. The summed E-state index contributed by atoms with van der Waals surface area (Å²) in [6.07, 6.45) is 0.